The van der Waals surface area contributed by atoms with Crippen LogP contribution in [0.4, 0.5) is 0 Å². The summed E-state index contributed by atoms with van der Waals surface area (Å²) in [5, 5.41) is 13.5. The number of aryl methyl sites for hydroxylation is 2. The Balaban J connectivity index is 1.89. The van der Waals surface area contributed by atoms with Gasteiger partial charge in [0.25, 0.3) is 0 Å². The van der Waals surface area contributed by atoms with Crippen molar-refractivity contribution in [1.82, 2.24) is 10.1 Å². The second kappa shape index (κ2) is 5.63. The molecule has 1 atom stereocenters. The fourth-order valence-electron chi connectivity index (χ4n) is 1.59. The predicted octanol–water partition coefficient (Wildman–Crippen LogP) is 2.28. The third-order valence-electron chi connectivity index (χ3n) is 2.51. The molecule has 2 rings (SSSR count). The van der Waals surface area contributed by atoms with Gasteiger partial charge in [0.1, 0.15) is 11.9 Å². The van der Waals surface area contributed by atoms with E-state index in [2.05, 4.69) is 10.1 Å². The van der Waals surface area contributed by atoms with Crippen LogP contribution in [-0.4, -0.2) is 15.2 Å². The van der Waals surface area contributed by atoms with Crippen LogP contribution >= 0.6 is 0 Å². The zero-order valence-corrected chi connectivity index (χ0v) is 9.80. The second-order valence-electron chi connectivity index (χ2n) is 3.93. The van der Waals surface area contributed by atoms with Crippen LogP contribution in [0.3, 0.4) is 0 Å². The Bertz CT molecular complexity index is 436. The van der Waals surface area contributed by atoms with Gasteiger partial charge in [-0.05, 0) is 18.6 Å². The highest BCUT2D eigenvalue weighted by atomic mass is 16.5. The minimum absolute atomic E-state index is 0.376. The molecule has 2 aromatic rings. The summed E-state index contributed by atoms with van der Waals surface area (Å²) in [4.78, 5) is 4.16. The number of rotatable bonds is 6. The maximum Gasteiger partial charge on any atom is 0.227 e. The topological polar surface area (TPSA) is 72.3 Å². The summed E-state index contributed by atoms with van der Waals surface area (Å²) >= 11 is 0. The first-order chi connectivity index (χ1) is 8.29. The van der Waals surface area contributed by atoms with Gasteiger partial charge in [0.2, 0.25) is 5.89 Å². The average molecular weight is 236 g/mol. The van der Waals surface area contributed by atoms with Crippen molar-refractivity contribution in [2.75, 3.05) is 0 Å². The molecule has 0 fully saturated rings. The van der Waals surface area contributed by atoms with E-state index in [4.69, 9.17) is 8.94 Å². The molecular formula is C12H16N2O3. The summed E-state index contributed by atoms with van der Waals surface area (Å²) in [5.74, 6) is 1.80. The molecule has 5 heteroatoms. The van der Waals surface area contributed by atoms with Crippen molar-refractivity contribution in [3.63, 3.8) is 0 Å². The maximum absolute atomic E-state index is 9.68. The molecule has 0 aliphatic heterocycles. The Morgan fingerprint density at radius 1 is 1.41 bits per heavy atom. The predicted molar refractivity (Wildman–Crippen MR) is 60.3 cm³/mol. The molecule has 0 aliphatic carbocycles. The summed E-state index contributed by atoms with van der Waals surface area (Å²) in [6, 6.07) is 3.75. The molecule has 0 amide bonds. The van der Waals surface area contributed by atoms with Crippen molar-refractivity contribution in [2.24, 2.45) is 0 Å². The SMILES string of the molecule is CCCC(O)c1noc(CCc2ccco2)n1. The summed E-state index contributed by atoms with van der Waals surface area (Å²) in [7, 11) is 0. The molecule has 0 aliphatic rings. The van der Waals surface area contributed by atoms with Crippen molar-refractivity contribution < 1.29 is 14.0 Å². The van der Waals surface area contributed by atoms with Crippen molar-refractivity contribution in [3.05, 3.63) is 35.9 Å². The first-order valence-electron chi connectivity index (χ1n) is 5.82. The van der Waals surface area contributed by atoms with Gasteiger partial charge in [0.15, 0.2) is 5.82 Å². The molecule has 17 heavy (non-hydrogen) atoms. The Kier molecular flexibility index (Phi) is 3.93. The van der Waals surface area contributed by atoms with Crippen LogP contribution in [0.2, 0.25) is 0 Å². The highest BCUT2D eigenvalue weighted by molar-refractivity contribution is 5.00. The van der Waals surface area contributed by atoms with Gasteiger partial charge in [-0.1, -0.05) is 18.5 Å². The number of aliphatic hydroxyl groups excluding tert-OH is 1. The van der Waals surface area contributed by atoms with Crippen LogP contribution in [0, 0.1) is 0 Å². The van der Waals surface area contributed by atoms with Gasteiger partial charge < -0.3 is 14.0 Å². The maximum atomic E-state index is 9.68. The van der Waals surface area contributed by atoms with E-state index < -0.39 is 6.10 Å². The number of aliphatic hydroxyl groups is 1. The number of furan rings is 1. The number of hydrogen-bond acceptors (Lipinski definition) is 5. The van der Waals surface area contributed by atoms with Crippen molar-refractivity contribution in [3.8, 4) is 0 Å². The number of hydrogen-bond donors (Lipinski definition) is 1. The lowest BCUT2D eigenvalue weighted by molar-refractivity contribution is 0.152. The van der Waals surface area contributed by atoms with Crippen LogP contribution < -0.4 is 0 Å². The summed E-state index contributed by atoms with van der Waals surface area (Å²) in [5.41, 5.74) is 0. The molecule has 1 unspecified atom stereocenters. The lowest BCUT2D eigenvalue weighted by Gasteiger charge is -2.01. The Morgan fingerprint density at radius 3 is 3.00 bits per heavy atom. The van der Waals surface area contributed by atoms with E-state index in [0.717, 1.165) is 18.6 Å². The highest BCUT2D eigenvalue weighted by Crippen LogP contribution is 2.15. The van der Waals surface area contributed by atoms with Gasteiger partial charge in [0, 0.05) is 12.8 Å². The van der Waals surface area contributed by atoms with Gasteiger partial charge >= 0.3 is 0 Å². The normalized spacial score (nSPS) is 12.8. The molecule has 0 spiro atoms. The number of aromatic nitrogens is 2. The summed E-state index contributed by atoms with van der Waals surface area (Å²) in [6.07, 6.45) is 3.90. The zero-order valence-electron chi connectivity index (χ0n) is 9.80. The number of nitrogens with zero attached hydrogens (tertiary/aromatic N) is 2. The first kappa shape index (κ1) is 11.9. The summed E-state index contributed by atoms with van der Waals surface area (Å²) in [6.45, 7) is 2.00. The third kappa shape index (κ3) is 3.17. The van der Waals surface area contributed by atoms with E-state index in [9.17, 15) is 5.11 Å². The van der Waals surface area contributed by atoms with Crippen LogP contribution in [0.15, 0.2) is 27.3 Å². The van der Waals surface area contributed by atoms with E-state index in [1.165, 1.54) is 0 Å². The quantitative estimate of drug-likeness (QED) is 0.833. The molecule has 0 saturated heterocycles. The molecule has 0 radical (unpaired) electrons. The highest BCUT2D eigenvalue weighted by Gasteiger charge is 2.14. The molecule has 92 valence electrons. The Hall–Kier alpha value is -1.62. The van der Waals surface area contributed by atoms with E-state index >= 15 is 0 Å². The minimum atomic E-state index is -0.624. The van der Waals surface area contributed by atoms with Crippen LogP contribution in [0.25, 0.3) is 0 Å². The monoisotopic (exact) mass is 236 g/mol. The molecule has 0 bridgehead atoms. The summed E-state index contributed by atoms with van der Waals surface area (Å²) < 4.78 is 10.3. The zero-order chi connectivity index (χ0) is 12.1. The molecule has 0 aromatic carbocycles. The molecular weight excluding hydrogens is 220 g/mol. The Labute approximate surface area is 99.5 Å². The standard InChI is InChI=1S/C12H16N2O3/c1-2-4-10(15)12-13-11(17-14-12)7-6-9-5-3-8-16-9/h3,5,8,10,15H,2,4,6-7H2,1H3. The average Bonchev–Trinajstić information content (AvgIpc) is 2.98. The fourth-order valence-corrected chi connectivity index (χ4v) is 1.59. The van der Waals surface area contributed by atoms with Crippen molar-refractivity contribution in [2.45, 2.75) is 38.7 Å². The van der Waals surface area contributed by atoms with Gasteiger partial charge in [-0.25, -0.2) is 0 Å². The van der Waals surface area contributed by atoms with Crippen LogP contribution in [0.5, 0.6) is 0 Å². The molecule has 2 heterocycles. The van der Waals surface area contributed by atoms with Crippen molar-refractivity contribution in [1.29, 1.82) is 0 Å². The fraction of sp³-hybridized carbons (Fsp3) is 0.500. The van der Waals surface area contributed by atoms with E-state index in [-0.39, 0.29) is 0 Å². The lowest BCUT2D eigenvalue weighted by Crippen LogP contribution is -1.99. The van der Waals surface area contributed by atoms with E-state index in [0.29, 0.717) is 24.6 Å². The van der Waals surface area contributed by atoms with Gasteiger partial charge in [0.05, 0.1) is 6.26 Å². The van der Waals surface area contributed by atoms with Gasteiger partial charge in [-0.3, -0.25) is 0 Å². The minimum Gasteiger partial charge on any atom is -0.469 e. The molecule has 0 saturated carbocycles. The lowest BCUT2D eigenvalue weighted by atomic mass is 10.2. The molecule has 2 aromatic heterocycles. The van der Waals surface area contributed by atoms with Gasteiger partial charge in [-0.15, -0.1) is 0 Å². The van der Waals surface area contributed by atoms with Crippen LogP contribution in [-0.2, 0) is 12.8 Å². The van der Waals surface area contributed by atoms with E-state index in [1.807, 2.05) is 19.1 Å². The molecule has 5 nitrogen and oxygen atoms in total. The smallest absolute Gasteiger partial charge is 0.227 e. The largest absolute Gasteiger partial charge is 0.469 e. The first-order valence-corrected chi connectivity index (χ1v) is 5.82. The van der Waals surface area contributed by atoms with E-state index in [1.54, 1.807) is 6.26 Å². The van der Waals surface area contributed by atoms with Gasteiger partial charge in [-0.2, -0.15) is 4.98 Å². The van der Waals surface area contributed by atoms with Crippen molar-refractivity contribution >= 4 is 0 Å². The Morgan fingerprint density at radius 2 is 2.29 bits per heavy atom. The van der Waals surface area contributed by atoms with Crippen LogP contribution in [0.1, 0.15) is 43.3 Å². The second-order valence-corrected chi connectivity index (χ2v) is 3.93. The molecule has 1 N–H and O–H groups in total. The third-order valence-corrected chi connectivity index (χ3v) is 2.51.